The Morgan fingerprint density at radius 2 is 2.00 bits per heavy atom. The number of nitrogens with zero attached hydrogens (tertiary/aromatic N) is 1. The third kappa shape index (κ3) is 1.74. The molecule has 0 unspecified atom stereocenters. The monoisotopic (exact) mass is 244 g/mol. The Balaban J connectivity index is 2.23. The van der Waals surface area contributed by atoms with Crippen LogP contribution in [0.2, 0.25) is 0 Å². The molecule has 0 amide bonds. The number of pyridine rings is 1. The molecular formula is C15H17FN2. The number of benzene rings is 1. The summed E-state index contributed by atoms with van der Waals surface area (Å²) in [6.07, 6.45) is 4.86. The van der Waals surface area contributed by atoms with Crippen molar-refractivity contribution in [2.75, 3.05) is 5.73 Å². The Morgan fingerprint density at radius 3 is 2.72 bits per heavy atom. The summed E-state index contributed by atoms with van der Waals surface area (Å²) >= 11 is 0. The van der Waals surface area contributed by atoms with E-state index in [1.165, 1.54) is 31.7 Å². The number of nitrogens with two attached hydrogens (primary N) is 1. The lowest BCUT2D eigenvalue weighted by Crippen LogP contribution is -2.02. The van der Waals surface area contributed by atoms with Gasteiger partial charge in [0, 0.05) is 17.3 Å². The summed E-state index contributed by atoms with van der Waals surface area (Å²) in [4.78, 5) is 4.66. The summed E-state index contributed by atoms with van der Waals surface area (Å²) in [5.74, 6) is 0.220. The molecule has 0 atom stereocenters. The van der Waals surface area contributed by atoms with Crippen LogP contribution >= 0.6 is 0 Å². The van der Waals surface area contributed by atoms with Crippen LogP contribution in [-0.4, -0.2) is 4.98 Å². The van der Waals surface area contributed by atoms with Crippen molar-refractivity contribution in [3.8, 4) is 0 Å². The van der Waals surface area contributed by atoms with E-state index in [0.29, 0.717) is 17.0 Å². The minimum atomic E-state index is -0.279. The zero-order valence-corrected chi connectivity index (χ0v) is 10.5. The van der Waals surface area contributed by atoms with Crippen LogP contribution in [0.5, 0.6) is 0 Å². The molecule has 94 valence electrons. The molecule has 3 heteroatoms. The lowest BCUT2D eigenvalue weighted by molar-refractivity contribution is 0.639. The van der Waals surface area contributed by atoms with Gasteiger partial charge < -0.3 is 5.73 Å². The number of anilines is 1. The summed E-state index contributed by atoms with van der Waals surface area (Å²) in [6.45, 7) is 1.95. The predicted octanol–water partition coefficient (Wildman–Crippen LogP) is 3.92. The van der Waals surface area contributed by atoms with Gasteiger partial charge in [-0.1, -0.05) is 18.9 Å². The average molecular weight is 244 g/mol. The van der Waals surface area contributed by atoms with Gasteiger partial charge in [0.15, 0.2) is 0 Å². The summed E-state index contributed by atoms with van der Waals surface area (Å²) in [7, 11) is 0. The highest BCUT2D eigenvalue weighted by atomic mass is 19.1. The van der Waals surface area contributed by atoms with Crippen LogP contribution in [0.25, 0.3) is 10.9 Å². The summed E-state index contributed by atoms with van der Waals surface area (Å²) in [5.41, 5.74) is 9.27. The second-order valence-electron chi connectivity index (χ2n) is 5.21. The van der Waals surface area contributed by atoms with Crippen LogP contribution < -0.4 is 5.73 Å². The van der Waals surface area contributed by atoms with E-state index < -0.39 is 0 Å². The van der Waals surface area contributed by atoms with Gasteiger partial charge >= 0.3 is 0 Å². The zero-order valence-electron chi connectivity index (χ0n) is 10.5. The topological polar surface area (TPSA) is 38.9 Å². The van der Waals surface area contributed by atoms with Gasteiger partial charge in [-0.25, -0.2) is 4.39 Å². The fourth-order valence-electron chi connectivity index (χ4n) is 2.91. The van der Waals surface area contributed by atoms with Crippen LogP contribution in [0.4, 0.5) is 10.1 Å². The summed E-state index contributed by atoms with van der Waals surface area (Å²) in [6, 6.07) is 5.09. The molecule has 0 radical (unpaired) electrons. The molecule has 1 aromatic carbocycles. The molecule has 18 heavy (non-hydrogen) atoms. The van der Waals surface area contributed by atoms with Gasteiger partial charge in [-0.2, -0.15) is 0 Å². The highest BCUT2D eigenvalue weighted by Crippen LogP contribution is 2.36. The van der Waals surface area contributed by atoms with E-state index in [1.807, 2.05) is 13.0 Å². The molecule has 1 aliphatic carbocycles. The van der Waals surface area contributed by atoms with Gasteiger partial charge in [0.25, 0.3) is 0 Å². The van der Waals surface area contributed by atoms with Crippen molar-refractivity contribution in [1.29, 1.82) is 0 Å². The third-order valence-corrected chi connectivity index (χ3v) is 3.94. The lowest BCUT2D eigenvalue weighted by Gasteiger charge is -2.13. The van der Waals surface area contributed by atoms with Crippen molar-refractivity contribution >= 4 is 16.6 Å². The van der Waals surface area contributed by atoms with E-state index in [0.717, 1.165) is 16.8 Å². The van der Waals surface area contributed by atoms with E-state index in [1.54, 1.807) is 6.07 Å². The number of aromatic nitrogens is 1. The molecule has 1 aromatic heterocycles. The standard InChI is InChI=1S/C15H17FN2/c1-9-6-7-11(16)14-12(17)8-13(18-15(9)14)10-4-2-3-5-10/h6-8,10H,2-5H2,1H3,(H2,17,18). The molecule has 1 aliphatic rings. The number of hydrogen-bond donors (Lipinski definition) is 1. The van der Waals surface area contributed by atoms with E-state index in [2.05, 4.69) is 4.98 Å². The first-order chi connectivity index (χ1) is 8.66. The van der Waals surface area contributed by atoms with Crippen LogP contribution in [0.3, 0.4) is 0 Å². The van der Waals surface area contributed by atoms with Crippen molar-refractivity contribution in [3.63, 3.8) is 0 Å². The number of nitrogen functional groups attached to an aromatic ring is 1. The number of fused-ring (bicyclic) bond motifs is 1. The van der Waals surface area contributed by atoms with Crippen molar-refractivity contribution in [2.45, 2.75) is 38.5 Å². The Labute approximate surface area is 106 Å². The minimum absolute atomic E-state index is 0.279. The third-order valence-electron chi connectivity index (χ3n) is 3.94. The SMILES string of the molecule is Cc1ccc(F)c2c(N)cc(C3CCCC3)nc12. The van der Waals surface area contributed by atoms with E-state index in [4.69, 9.17) is 5.73 Å². The van der Waals surface area contributed by atoms with Crippen molar-refractivity contribution in [1.82, 2.24) is 4.98 Å². The highest BCUT2D eigenvalue weighted by Gasteiger charge is 2.20. The molecule has 1 fully saturated rings. The molecule has 2 N–H and O–H groups in total. The maximum absolute atomic E-state index is 13.8. The van der Waals surface area contributed by atoms with Crippen molar-refractivity contribution in [2.24, 2.45) is 0 Å². The smallest absolute Gasteiger partial charge is 0.134 e. The molecule has 0 saturated heterocycles. The molecule has 0 aliphatic heterocycles. The fourth-order valence-corrected chi connectivity index (χ4v) is 2.91. The van der Waals surface area contributed by atoms with Crippen LogP contribution in [0, 0.1) is 12.7 Å². The van der Waals surface area contributed by atoms with Gasteiger partial charge in [-0.3, -0.25) is 4.98 Å². The predicted molar refractivity (Wildman–Crippen MR) is 72.1 cm³/mol. The number of hydrogen-bond acceptors (Lipinski definition) is 2. The second kappa shape index (κ2) is 4.23. The highest BCUT2D eigenvalue weighted by molar-refractivity contribution is 5.92. The molecule has 3 rings (SSSR count). The fraction of sp³-hybridized carbons (Fsp3) is 0.400. The Bertz CT molecular complexity index is 601. The van der Waals surface area contributed by atoms with Crippen LogP contribution in [-0.2, 0) is 0 Å². The first-order valence-electron chi connectivity index (χ1n) is 6.52. The maximum atomic E-state index is 13.8. The Kier molecular flexibility index (Phi) is 2.69. The van der Waals surface area contributed by atoms with Gasteiger partial charge in [0.05, 0.1) is 10.9 Å². The number of halogens is 1. The molecule has 0 bridgehead atoms. The molecule has 2 nitrogen and oxygen atoms in total. The normalized spacial score (nSPS) is 16.6. The van der Waals surface area contributed by atoms with E-state index in [9.17, 15) is 4.39 Å². The number of aryl methyl sites for hydroxylation is 1. The maximum Gasteiger partial charge on any atom is 0.134 e. The van der Waals surface area contributed by atoms with Gasteiger partial charge in [-0.05, 0) is 37.5 Å². The first-order valence-corrected chi connectivity index (χ1v) is 6.52. The van der Waals surface area contributed by atoms with Crippen LogP contribution in [0.1, 0.15) is 42.9 Å². The van der Waals surface area contributed by atoms with E-state index >= 15 is 0 Å². The molecule has 2 aromatic rings. The summed E-state index contributed by atoms with van der Waals surface area (Å²) < 4.78 is 13.8. The van der Waals surface area contributed by atoms with E-state index in [-0.39, 0.29) is 5.82 Å². The quantitative estimate of drug-likeness (QED) is 0.825. The van der Waals surface area contributed by atoms with Gasteiger partial charge in [-0.15, -0.1) is 0 Å². The zero-order chi connectivity index (χ0) is 12.7. The first kappa shape index (κ1) is 11.5. The lowest BCUT2D eigenvalue weighted by atomic mass is 10.00. The largest absolute Gasteiger partial charge is 0.398 e. The Hall–Kier alpha value is -1.64. The Morgan fingerprint density at radius 1 is 1.28 bits per heavy atom. The molecule has 0 spiro atoms. The van der Waals surface area contributed by atoms with Crippen LogP contribution in [0.15, 0.2) is 18.2 Å². The van der Waals surface area contributed by atoms with Crippen molar-refractivity contribution < 1.29 is 4.39 Å². The summed E-state index contributed by atoms with van der Waals surface area (Å²) in [5, 5.41) is 0.469. The average Bonchev–Trinajstić information content (AvgIpc) is 2.87. The van der Waals surface area contributed by atoms with Gasteiger partial charge in [0.1, 0.15) is 5.82 Å². The second-order valence-corrected chi connectivity index (χ2v) is 5.21. The molecular weight excluding hydrogens is 227 g/mol. The van der Waals surface area contributed by atoms with Crippen molar-refractivity contribution in [3.05, 3.63) is 35.3 Å². The minimum Gasteiger partial charge on any atom is -0.398 e. The molecule has 1 saturated carbocycles. The number of rotatable bonds is 1. The molecule has 1 heterocycles. The van der Waals surface area contributed by atoms with Gasteiger partial charge in [0.2, 0.25) is 0 Å².